The van der Waals surface area contributed by atoms with Crippen LogP contribution in [0.3, 0.4) is 0 Å². The number of hydrogen-bond donors (Lipinski definition) is 3. The van der Waals surface area contributed by atoms with E-state index < -0.39 is 0 Å². The van der Waals surface area contributed by atoms with Gasteiger partial charge >= 0.3 is 6.03 Å². The maximum absolute atomic E-state index is 12.1. The van der Waals surface area contributed by atoms with Gasteiger partial charge in [0.05, 0.1) is 24.7 Å². The van der Waals surface area contributed by atoms with E-state index in [1.807, 2.05) is 0 Å². The topological polar surface area (TPSA) is 109 Å². The number of furan rings is 1. The number of hydrogen-bond acceptors (Lipinski definition) is 5. The number of urea groups is 1. The molecule has 2 heterocycles. The predicted octanol–water partition coefficient (Wildman–Crippen LogP) is 2.95. The standard InChI is InChI=1S/C18H17N5O3/c1-12-9-20-16(11-19-12)17(24)22-13-4-6-14(7-5-13)23-18(25)21-10-15-3-2-8-26-15/h2-9,11H,10H2,1H3,(H,22,24)(H2,21,23,25). The van der Waals surface area contributed by atoms with Crippen LogP contribution in [0.15, 0.2) is 59.5 Å². The Morgan fingerprint density at radius 2 is 1.73 bits per heavy atom. The van der Waals surface area contributed by atoms with Gasteiger partial charge in [-0.25, -0.2) is 9.78 Å². The number of carbonyl (C=O) groups is 2. The monoisotopic (exact) mass is 351 g/mol. The average Bonchev–Trinajstić information content (AvgIpc) is 3.16. The molecule has 0 spiro atoms. The fourth-order valence-corrected chi connectivity index (χ4v) is 2.10. The second-order valence-corrected chi connectivity index (χ2v) is 5.46. The lowest BCUT2D eigenvalue weighted by Gasteiger charge is -2.08. The molecule has 0 aliphatic heterocycles. The third kappa shape index (κ3) is 4.67. The maximum atomic E-state index is 12.1. The van der Waals surface area contributed by atoms with Crippen LogP contribution >= 0.6 is 0 Å². The van der Waals surface area contributed by atoms with E-state index in [1.165, 1.54) is 12.4 Å². The summed E-state index contributed by atoms with van der Waals surface area (Å²) in [4.78, 5) is 32.0. The molecule has 3 aromatic rings. The van der Waals surface area contributed by atoms with E-state index in [0.717, 1.165) is 5.69 Å². The Kier molecular flexibility index (Phi) is 5.23. The van der Waals surface area contributed by atoms with E-state index in [0.29, 0.717) is 23.7 Å². The lowest BCUT2D eigenvalue weighted by atomic mass is 10.2. The van der Waals surface area contributed by atoms with Gasteiger partial charge in [-0.15, -0.1) is 0 Å². The number of anilines is 2. The molecule has 1 aromatic carbocycles. The molecule has 3 rings (SSSR count). The Hall–Kier alpha value is -3.68. The highest BCUT2D eigenvalue weighted by molar-refractivity contribution is 6.02. The summed E-state index contributed by atoms with van der Waals surface area (Å²) >= 11 is 0. The Bertz CT molecular complexity index is 874. The minimum atomic E-state index is -0.354. The second kappa shape index (κ2) is 7.93. The van der Waals surface area contributed by atoms with Crippen molar-refractivity contribution in [2.24, 2.45) is 0 Å². The van der Waals surface area contributed by atoms with Crippen molar-refractivity contribution >= 4 is 23.3 Å². The first-order valence-corrected chi connectivity index (χ1v) is 7.87. The molecule has 0 aliphatic carbocycles. The van der Waals surface area contributed by atoms with Crippen LogP contribution in [-0.4, -0.2) is 21.9 Å². The van der Waals surface area contributed by atoms with Crippen LogP contribution in [0.5, 0.6) is 0 Å². The molecule has 3 N–H and O–H groups in total. The molecule has 0 radical (unpaired) electrons. The highest BCUT2D eigenvalue weighted by atomic mass is 16.3. The van der Waals surface area contributed by atoms with E-state index in [1.54, 1.807) is 49.6 Å². The predicted molar refractivity (Wildman–Crippen MR) is 95.7 cm³/mol. The van der Waals surface area contributed by atoms with Crippen LogP contribution < -0.4 is 16.0 Å². The molecule has 0 bridgehead atoms. The van der Waals surface area contributed by atoms with E-state index in [9.17, 15) is 9.59 Å². The third-order valence-corrected chi connectivity index (χ3v) is 3.42. The highest BCUT2D eigenvalue weighted by Gasteiger charge is 2.08. The molecule has 0 aliphatic rings. The van der Waals surface area contributed by atoms with Crippen molar-refractivity contribution in [2.75, 3.05) is 10.6 Å². The molecule has 0 unspecified atom stereocenters. The van der Waals surface area contributed by atoms with Crippen molar-refractivity contribution in [1.82, 2.24) is 15.3 Å². The van der Waals surface area contributed by atoms with Gasteiger partial charge in [0.1, 0.15) is 11.5 Å². The van der Waals surface area contributed by atoms with Crippen LogP contribution in [0.2, 0.25) is 0 Å². The zero-order valence-corrected chi connectivity index (χ0v) is 14.0. The average molecular weight is 351 g/mol. The van der Waals surface area contributed by atoms with Crippen LogP contribution in [-0.2, 0) is 6.54 Å². The van der Waals surface area contributed by atoms with Crippen LogP contribution in [0.4, 0.5) is 16.2 Å². The van der Waals surface area contributed by atoms with Crippen molar-refractivity contribution in [3.05, 3.63) is 72.2 Å². The Morgan fingerprint density at radius 1 is 1.00 bits per heavy atom. The van der Waals surface area contributed by atoms with Crippen molar-refractivity contribution in [2.45, 2.75) is 13.5 Å². The van der Waals surface area contributed by atoms with Crippen LogP contribution in [0, 0.1) is 6.92 Å². The summed E-state index contributed by atoms with van der Waals surface area (Å²) in [5.74, 6) is 0.312. The molecule has 132 valence electrons. The van der Waals surface area contributed by atoms with E-state index in [-0.39, 0.29) is 17.6 Å². The number of nitrogens with one attached hydrogen (secondary N) is 3. The summed E-state index contributed by atoms with van der Waals surface area (Å²) in [5, 5.41) is 8.09. The number of aryl methyl sites for hydroxylation is 1. The van der Waals surface area contributed by atoms with E-state index >= 15 is 0 Å². The number of aromatic nitrogens is 2. The van der Waals surface area contributed by atoms with Gasteiger partial charge in [-0.3, -0.25) is 9.78 Å². The highest BCUT2D eigenvalue weighted by Crippen LogP contribution is 2.14. The molecule has 2 aromatic heterocycles. The van der Waals surface area contributed by atoms with Crippen LogP contribution in [0.1, 0.15) is 21.9 Å². The maximum Gasteiger partial charge on any atom is 0.319 e. The van der Waals surface area contributed by atoms with Crippen molar-refractivity contribution in [3.8, 4) is 0 Å². The Morgan fingerprint density at radius 3 is 2.35 bits per heavy atom. The lowest BCUT2D eigenvalue weighted by molar-refractivity contribution is 0.102. The van der Waals surface area contributed by atoms with E-state index in [2.05, 4.69) is 25.9 Å². The largest absolute Gasteiger partial charge is 0.467 e. The molecule has 0 fully saturated rings. The number of nitrogens with zero attached hydrogens (tertiary/aromatic N) is 2. The first-order chi connectivity index (χ1) is 12.6. The molecule has 0 saturated heterocycles. The number of rotatable bonds is 5. The summed E-state index contributed by atoms with van der Waals surface area (Å²) in [7, 11) is 0. The number of amides is 3. The van der Waals surface area contributed by atoms with Crippen molar-refractivity contribution in [1.29, 1.82) is 0 Å². The van der Waals surface area contributed by atoms with Gasteiger partial charge in [-0.1, -0.05) is 0 Å². The zero-order valence-electron chi connectivity index (χ0n) is 14.0. The quantitative estimate of drug-likeness (QED) is 0.655. The molecular weight excluding hydrogens is 334 g/mol. The fraction of sp³-hybridized carbons (Fsp3) is 0.111. The summed E-state index contributed by atoms with van der Waals surface area (Å²) in [5.41, 5.74) is 2.14. The van der Waals surface area contributed by atoms with Gasteiger partial charge in [0.25, 0.3) is 5.91 Å². The van der Waals surface area contributed by atoms with Crippen LogP contribution in [0.25, 0.3) is 0 Å². The minimum absolute atomic E-state index is 0.232. The van der Waals surface area contributed by atoms with E-state index in [4.69, 9.17) is 4.42 Å². The summed E-state index contributed by atoms with van der Waals surface area (Å²) in [6, 6.07) is 9.91. The molecule has 26 heavy (non-hydrogen) atoms. The summed E-state index contributed by atoms with van der Waals surface area (Å²) in [6.45, 7) is 2.09. The first-order valence-electron chi connectivity index (χ1n) is 7.87. The van der Waals surface area contributed by atoms with Gasteiger partial charge in [0.15, 0.2) is 0 Å². The molecule has 0 saturated carbocycles. The minimum Gasteiger partial charge on any atom is -0.467 e. The first kappa shape index (κ1) is 17.2. The summed E-state index contributed by atoms with van der Waals surface area (Å²) in [6.07, 6.45) is 4.50. The van der Waals surface area contributed by atoms with Crippen molar-refractivity contribution in [3.63, 3.8) is 0 Å². The number of benzene rings is 1. The molecule has 8 nitrogen and oxygen atoms in total. The SMILES string of the molecule is Cc1cnc(C(=O)Nc2ccc(NC(=O)NCc3ccco3)cc2)cn1. The zero-order chi connectivity index (χ0) is 18.4. The normalized spacial score (nSPS) is 10.2. The lowest BCUT2D eigenvalue weighted by Crippen LogP contribution is -2.27. The molecule has 0 atom stereocenters. The smallest absolute Gasteiger partial charge is 0.319 e. The van der Waals surface area contributed by atoms with Gasteiger partial charge in [0, 0.05) is 17.6 Å². The number of carbonyl (C=O) groups excluding carboxylic acids is 2. The van der Waals surface area contributed by atoms with Gasteiger partial charge < -0.3 is 20.4 Å². The summed E-state index contributed by atoms with van der Waals surface area (Å²) < 4.78 is 5.14. The molecular formula is C18H17N5O3. The van der Waals surface area contributed by atoms with Gasteiger partial charge in [-0.2, -0.15) is 0 Å². The van der Waals surface area contributed by atoms with Gasteiger partial charge in [0.2, 0.25) is 0 Å². The molecule has 8 heteroatoms. The van der Waals surface area contributed by atoms with Gasteiger partial charge in [-0.05, 0) is 43.3 Å². The van der Waals surface area contributed by atoms with Crippen molar-refractivity contribution < 1.29 is 14.0 Å². The molecule has 3 amide bonds. The second-order valence-electron chi connectivity index (χ2n) is 5.46. The fourth-order valence-electron chi connectivity index (χ4n) is 2.10. The Balaban J connectivity index is 1.52. The Labute approximate surface area is 149 Å². The third-order valence-electron chi connectivity index (χ3n) is 3.42.